The van der Waals surface area contributed by atoms with Crippen LogP contribution in [0.1, 0.15) is 29.3 Å². The molecule has 1 amide bonds. The molecule has 6 nitrogen and oxygen atoms in total. The highest BCUT2D eigenvalue weighted by Crippen LogP contribution is 2.17. The summed E-state index contributed by atoms with van der Waals surface area (Å²) in [5.41, 5.74) is 12.0. The van der Waals surface area contributed by atoms with E-state index in [4.69, 9.17) is 5.73 Å². The van der Waals surface area contributed by atoms with E-state index in [-0.39, 0.29) is 5.91 Å². The standard InChI is InChI=1S/C19H21N5OS/c1-13(23-24-18(25)15-3-7-16(20)8-4-15)14-5-9-17(10-6-14)22-19-21-11-2-12-26-19/h3-10H,2,11-12,20H2,1H3,(H,21,22)(H,24,25)/b23-13-. The lowest BCUT2D eigenvalue weighted by Crippen LogP contribution is -2.19. The van der Waals surface area contributed by atoms with Crippen LogP contribution in [-0.4, -0.2) is 29.1 Å². The Morgan fingerprint density at radius 2 is 1.81 bits per heavy atom. The van der Waals surface area contributed by atoms with Gasteiger partial charge in [-0.3, -0.25) is 9.79 Å². The Labute approximate surface area is 157 Å². The summed E-state index contributed by atoms with van der Waals surface area (Å²) >= 11 is 1.74. The van der Waals surface area contributed by atoms with E-state index in [0.717, 1.165) is 40.8 Å². The van der Waals surface area contributed by atoms with Crippen LogP contribution in [-0.2, 0) is 0 Å². The summed E-state index contributed by atoms with van der Waals surface area (Å²) in [4.78, 5) is 16.5. The lowest BCUT2D eigenvalue weighted by Gasteiger charge is -2.13. The monoisotopic (exact) mass is 367 g/mol. The third-order valence-electron chi connectivity index (χ3n) is 3.85. The van der Waals surface area contributed by atoms with Crippen LogP contribution < -0.4 is 16.5 Å². The molecule has 1 aliphatic heterocycles. The molecule has 1 heterocycles. The van der Waals surface area contributed by atoms with Gasteiger partial charge in [0.15, 0.2) is 5.17 Å². The first kappa shape index (κ1) is 18.0. The van der Waals surface area contributed by atoms with Gasteiger partial charge in [-0.25, -0.2) is 5.43 Å². The Morgan fingerprint density at radius 1 is 1.12 bits per heavy atom. The minimum Gasteiger partial charge on any atom is -0.399 e. The van der Waals surface area contributed by atoms with E-state index < -0.39 is 0 Å². The summed E-state index contributed by atoms with van der Waals surface area (Å²) in [5.74, 6) is 0.832. The number of amidine groups is 1. The van der Waals surface area contributed by atoms with Gasteiger partial charge in [-0.15, -0.1) is 0 Å². The van der Waals surface area contributed by atoms with Crippen LogP contribution in [0.4, 0.5) is 11.4 Å². The lowest BCUT2D eigenvalue weighted by molar-refractivity contribution is 0.0955. The highest BCUT2D eigenvalue weighted by atomic mass is 32.2. The number of amides is 1. The zero-order chi connectivity index (χ0) is 18.4. The molecular weight excluding hydrogens is 346 g/mol. The second kappa shape index (κ2) is 8.53. The van der Waals surface area contributed by atoms with Gasteiger partial charge in [-0.2, -0.15) is 5.10 Å². The molecule has 0 saturated heterocycles. The molecule has 7 heteroatoms. The summed E-state index contributed by atoms with van der Waals surface area (Å²) in [6.45, 7) is 2.74. The molecule has 2 aromatic rings. The van der Waals surface area contributed by atoms with Crippen LogP contribution >= 0.6 is 11.8 Å². The maximum absolute atomic E-state index is 12.1. The Balaban J connectivity index is 1.60. The number of thioether (sulfide) groups is 1. The number of nitrogen functional groups attached to an aromatic ring is 1. The molecule has 26 heavy (non-hydrogen) atoms. The summed E-state index contributed by atoms with van der Waals surface area (Å²) in [5, 5.41) is 8.46. The van der Waals surface area contributed by atoms with Crippen molar-refractivity contribution in [2.24, 2.45) is 10.1 Å². The number of rotatable bonds is 4. The van der Waals surface area contributed by atoms with Crippen LogP contribution in [0.5, 0.6) is 0 Å². The van der Waals surface area contributed by atoms with Crippen LogP contribution in [0.25, 0.3) is 0 Å². The average Bonchev–Trinajstić information content (AvgIpc) is 2.68. The number of hydrogen-bond donors (Lipinski definition) is 3. The van der Waals surface area contributed by atoms with Crippen molar-refractivity contribution in [1.82, 2.24) is 5.43 Å². The Kier molecular flexibility index (Phi) is 5.91. The Bertz CT molecular complexity index is 828. The molecule has 134 valence electrons. The molecule has 0 unspecified atom stereocenters. The number of hydrogen-bond acceptors (Lipinski definition) is 6. The minimum atomic E-state index is -0.269. The molecule has 0 spiro atoms. The van der Waals surface area contributed by atoms with Gasteiger partial charge in [0.25, 0.3) is 5.91 Å². The number of benzene rings is 2. The topological polar surface area (TPSA) is 91.9 Å². The quantitative estimate of drug-likeness (QED) is 0.439. The minimum absolute atomic E-state index is 0.269. The van der Waals surface area contributed by atoms with Gasteiger partial charge in [-0.1, -0.05) is 23.9 Å². The molecule has 0 saturated carbocycles. The van der Waals surface area contributed by atoms with Crippen molar-refractivity contribution in [1.29, 1.82) is 0 Å². The van der Waals surface area contributed by atoms with Gasteiger partial charge in [-0.05, 0) is 55.3 Å². The number of carbonyl (C=O) groups excluding carboxylic acids is 1. The van der Waals surface area contributed by atoms with E-state index in [0.29, 0.717) is 11.3 Å². The second-order valence-electron chi connectivity index (χ2n) is 5.85. The smallest absolute Gasteiger partial charge is 0.271 e. The van der Waals surface area contributed by atoms with Crippen molar-refractivity contribution in [2.45, 2.75) is 13.3 Å². The van der Waals surface area contributed by atoms with E-state index >= 15 is 0 Å². The van der Waals surface area contributed by atoms with Gasteiger partial charge in [0.05, 0.1) is 5.71 Å². The summed E-state index contributed by atoms with van der Waals surface area (Å²) < 4.78 is 0. The normalized spacial score (nSPS) is 14.5. The first-order chi connectivity index (χ1) is 12.6. The molecule has 3 rings (SSSR count). The molecule has 2 aromatic carbocycles. The predicted octanol–water partition coefficient (Wildman–Crippen LogP) is 3.33. The summed E-state index contributed by atoms with van der Waals surface area (Å²) in [6, 6.07) is 14.6. The van der Waals surface area contributed by atoms with E-state index in [1.165, 1.54) is 0 Å². The number of nitrogens with two attached hydrogens (primary N) is 1. The first-order valence-electron chi connectivity index (χ1n) is 8.37. The van der Waals surface area contributed by atoms with Gasteiger partial charge < -0.3 is 11.1 Å². The van der Waals surface area contributed by atoms with Crippen molar-refractivity contribution < 1.29 is 4.79 Å². The molecule has 1 aliphatic rings. The summed E-state index contributed by atoms with van der Waals surface area (Å²) in [7, 11) is 0. The molecule has 0 bridgehead atoms. The Hall–Kier alpha value is -2.80. The van der Waals surface area contributed by atoms with Crippen molar-refractivity contribution in [3.8, 4) is 0 Å². The third-order valence-corrected chi connectivity index (χ3v) is 4.85. The SMILES string of the molecule is C/C(=N/NC(=O)c1ccc(N)cc1)c1ccc(NC2=NCCCS2)cc1. The zero-order valence-corrected chi connectivity index (χ0v) is 15.3. The van der Waals surface area contributed by atoms with Crippen molar-refractivity contribution in [3.05, 3.63) is 59.7 Å². The average molecular weight is 367 g/mol. The zero-order valence-electron chi connectivity index (χ0n) is 14.5. The summed E-state index contributed by atoms with van der Waals surface area (Å²) in [6.07, 6.45) is 1.13. The number of nitrogens with zero attached hydrogens (tertiary/aromatic N) is 2. The van der Waals surface area contributed by atoms with E-state index in [2.05, 4.69) is 20.8 Å². The number of nitrogens with one attached hydrogen (secondary N) is 2. The van der Waals surface area contributed by atoms with Crippen LogP contribution in [0.2, 0.25) is 0 Å². The Morgan fingerprint density at radius 3 is 2.46 bits per heavy atom. The highest BCUT2D eigenvalue weighted by Gasteiger charge is 2.07. The lowest BCUT2D eigenvalue weighted by atomic mass is 10.1. The molecule has 0 aliphatic carbocycles. The van der Waals surface area contributed by atoms with Crippen LogP contribution in [0, 0.1) is 0 Å². The van der Waals surface area contributed by atoms with Crippen LogP contribution in [0.3, 0.4) is 0 Å². The number of hydrazone groups is 1. The largest absolute Gasteiger partial charge is 0.399 e. The maximum Gasteiger partial charge on any atom is 0.271 e. The fourth-order valence-corrected chi connectivity index (χ4v) is 3.19. The molecule has 4 N–H and O–H groups in total. The molecule has 0 radical (unpaired) electrons. The molecule has 0 fully saturated rings. The van der Waals surface area contributed by atoms with Gasteiger partial charge in [0.2, 0.25) is 0 Å². The number of carbonyl (C=O) groups is 1. The molecule has 0 atom stereocenters. The second-order valence-corrected chi connectivity index (χ2v) is 6.94. The fraction of sp³-hybridized carbons (Fsp3) is 0.211. The van der Waals surface area contributed by atoms with Gasteiger partial charge in [0.1, 0.15) is 0 Å². The third kappa shape index (κ3) is 4.86. The van der Waals surface area contributed by atoms with Crippen LogP contribution in [0.15, 0.2) is 58.6 Å². The fourth-order valence-electron chi connectivity index (χ4n) is 2.35. The molecule has 0 aromatic heterocycles. The van der Waals surface area contributed by atoms with Crippen molar-refractivity contribution >= 4 is 39.9 Å². The highest BCUT2D eigenvalue weighted by molar-refractivity contribution is 8.14. The first-order valence-corrected chi connectivity index (χ1v) is 9.35. The van der Waals surface area contributed by atoms with Crippen molar-refractivity contribution in [3.63, 3.8) is 0 Å². The van der Waals surface area contributed by atoms with Gasteiger partial charge >= 0.3 is 0 Å². The van der Waals surface area contributed by atoms with E-state index in [1.54, 1.807) is 36.0 Å². The van der Waals surface area contributed by atoms with Crippen molar-refractivity contribution in [2.75, 3.05) is 23.3 Å². The predicted molar refractivity (Wildman–Crippen MR) is 110 cm³/mol. The number of anilines is 2. The number of aliphatic imine (C=N–C) groups is 1. The van der Waals surface area contributed by atoms with E-state index in [9.17, 15) is 4.79 Å². The molecular formula is C19H21N5OS. The van der Waals surface area contributed by atoms with E-state index in [1.807, 2.05) is 31.2 Å². The maximum atomic E-state index is 12.1. The van der Waals surface area contributed by atoms with Gasteiger partial charge in [0, 0.05) is 29.2 Å².